The van der Waals surface area contributed by atoms with Crippen molar-refractivity contribution in [1.82, 2.24) is 4.90 Å². The van der Waals surface area contributed by atoms with E-state index in [0.717, 1.165) is 0 Å². The molecule has 11 nitrogen and oxygen atoms in total. The molecule has 0 spiro atoms. The molecule has 2 bridgehead atoms. The third-order valence-electron chi connectivity index (χ3n) is 7.61. The topological polar surface area (TPSA) is 111 Å². The Morgan fingerprint density at radius 1 is 0.732 bits per heavy atom. The molecule has 3 unspecified atom stereocenters. The fraction of sp³-hybridized carbons (Fsp3) is 0.467. The molecule has 0 amide bonds. The van der Waals surface area contributed by atoms with E-state index in [1.54, 1.807) is 30.3 Å². The van der Waals surface area contributed by atoms with Gasteiger partial charge in [0.05, 0.1) is 54.3 Å². The first kappa shape index (κ1) is 29.9. The van der Waals surface area contributed by atoms with E-state index in [0.29, 0.717) is 64.9 Å². The highest BCUT2D eigenvalue weighted by Gasteiger charge is 2.47. The lowest BCUT2D eigenvalue weighted by Crippen LogP contribution is -2.46. The summed E-state index contributed by atoms with van der Waals surface area (Å²) in [6.07, 6.45) is 4.20. The molecular formula is C30H37NO10. The van der Waals surface area contributed by atoms with Crippen molar-refractivity contribution in [2.75, 3.05) is 49.7 Å². The van der Waals surface area contributed by atoms with Crippen LogP contribution < -0.4 is 28.4 Å². The lowest BCUT2D eigenvalue weighted by molar-refractivity contribution is -0.144. The van der Waals surface area contributed by atoms with Gasteiger partial charge in [-0.15, -0.1) is 0 Å². The normalized spacial score (nSPS) is 21.7. The van der Waals surface area contributed by atoms with Crippen LogP contribution in [-0.2, 0) is 14.3 Å². The first-order valence-electron chi connectivity index (χ1n) is 13.2. The summed E-state index contributed by atoms with van der Waals surface area (Å²) in [7, 11) is 11.1. The summed E-state index contributed by atoms with van der Waals surface area (Å²) in [5, 5.41) is 0. The molecule has 2 aromatic carbocycles. The van der Waals surface area contributed by atoms with E-state index in [1.165, 1.54) is 48.7 Å². The van der Waals surface area contributed by atoms with Gasteiger partial charge < -0.3 is 37.9 Å². The summed E-state index contributed by atoms with van der Waals surface area (Å²) >= 11 is 0. The molecule has 0 N–H and O–H groups in total. The Morgan fingerprint density at radius 3 is 1.78 bits per heavy atom. The molecule has 0 radical (unpaired) electrons. The van der Waals surface area contributed by atoms with Gasteiger partial charge in [0.15, 0.2) is 23.0 Å². The van der Waals surface area contributed by atoms with Crippen LogP contribution in [0.4, 0.5) is 0 Å². The molecule has 41 heavy (non-hydrogen) atoms. The Morgan fingerprint density at radius 2 is 1.27 bits per heavy atom. The third kappa shape index (κ3) is 6.30. The molecule has 2 fully saturated rings. The monoisotopic (exact) mass is 571 g/mol. The van der Waals surface area contributed by atoms with Gasteiger partial charge in [0.2, 0.25) is 11.5 Å². The average Bonchev–Trinajstić information content (AvgIpc) is 3.14. The molecule has 0 aromatic heterocycles. The number of fused-ring (bicyclic) bond motifs is 2. The SMILES string of the molecule is COc1cc(/C=C/C(=O)O[C@H]2CC3CC(OC(=O)c4cc(OC)c(OC)c(OC)c4)CC2N3C)cc(OC)c1OC. The highest BCUT2D eigenvalue weighted by atomic mass is 16.6. The van der Waals surface area contributed by atoms with Crippen LogP contribution in [0.25, 0.3) is 6.08 Å². The summed E-state index contributed by atoms with van der Waals surface area (Å²) < 4.78 is 43.9. The van der Waals surface area contributed by atoms with Gasteiger partial charge in [0, 0.05) is 31.4 Å². The number of nitrogens with zero attached hydrogens (tertiary/aromatic N) is 1. The number of hydrogen-bond acceptors (Lipinski definition) is 11. The summed E-state index contributed by atoms with van der Waals surface area (Å²) in [5.41, 5.74) is 0.989. The van der Waals surface area contributed by atoms with Crippen molar-refractivity contribution in [1.29, 1.82) is 0 Å². The molecule has 4 atom stereocenters. The Kier molecular flexibility index (Phi) is 9.49. The maximum absolute atomic E-state index is 13.1. The Labute approximate surface area is 239 Å². The Bertz CT molecular complexity index is 1240. The minimum absolute atomic E-state index is 0.0787. The van der Waals surface area contributed by atoms with Crippen molar-refractivity contribution < 1.29 is 47.5 Å². The predicted molar refractivity (Wildman–Crippen MR) is 150 cm³/mol. The number of carbonyl (C=O) groups is 2. The van der Waals surface area contributed by atoms with Crippen LogP contribution >= 0.6 is 0 Å². The number of ether oxygens (including phenoxy) is 8. The molecule has 2 aliphatic rings. The zero-order valence-electron chi connectivity index (χ0n) is 24.4. The molecule has 4 rings (SSSR count). The Balaban J connectivity index is 1.40. The predicted octanol–water partition coefficient (Wildman–Crippen LogP) is 3.76. The lowest BCUT2D eigenvalue weighted by atomic mass is 10.00. The molecule has 2 aromatic rings. The third-order valence-corrected chi connectivity index (χ3v) is 7.61. The number of esters is 2. The largest absolute Gasteiger partial charge is 0.493 e. The van der Waals surface area contributed by atoms with Gasteiger partial charge >= 0.3 is 11.9 Å². The smallest absolute Gasteiger partial charge is 0.338 e. The number of carbonyl (C=O) groups excluding carboxylic acids is 2. The molecule has 2 saturated heterocycles. The molecular weight excluding hydrogens is 534 g/mol. The number of hydrogen-bond donors (Lipinski definition) is 0. The minimum atomic E-state index is -0.486. The van der Waals surface area contributed by atoms with Gasteiger partial charge in [-0.2, -0.15) is 0 Å². The van der Waals surface area contributed by atoms with Crippen LogP contribution in [0.5, 0.6) is 34.5 Å². The molecule has 0 aliphatic carbocycles. The fourth-order valence-corrected chi connectivity index (χ4v) is 5.57. The first-order chi connectivity index (χ1) is 19.8. The molecule has 222 valence electrons. The molecule has 0 saturated carbocycles. The average molecular weight is 572 g/mol. The van der Waals surface area contributed by atoms with Crippen molar-refractivity contribution in [3.63, 3.8) is 0 Å². The summed E-state index contributed by atoms with van der Waals surface area (Å²) in [5.74, 6) is 1.62. The fourth-order valence-electron chi connectivity index (χ4n) is 5.57. The van der Waals surface area contributed by atoms with Crippen LogP contribution in [0.15, 0.2) is 30.3 Å². The lowest BCUT2D eigenvalue weighted by Gasteiger charge is -2.36. The van der Waals surface area contributed by atoms with E-state index in [9.17, 15) is 9.59 Å². The maximum Gasteiger partial charge on any atom is 0.338 e. The van der Waals surface area contributed by atoms with E-state index in [4.69, 9.17) is 37.9 Å². The standard InChI is InChI=1S/C30H37NO10/c1-31-19-14-20(40-30(33)18-12-25(36-4)29(39-7)26(13-18)37-5)16-21(31)22(15-19)41-27(32)9-8-17-10-23(34-2)28(38-6)24(11-17)35-3/h8-13,19-22H,14-16H2,1-7H3/b9-8+/t19?,20?,21?,22-/m0/s1. The second kappa shape index (κ2) is 13.0. The van der Waals surface area contributed by atoms with Crippen molar-refractivity contribution in [2.24, 2.45) is 0 Å². The van der Waals surface area contributed by atoms with E-state index >= 15 is 0 Å². The second-order valence-corrected chi connectivity index (χ2v) is 9.80. The van der Waals surface area contributed by atoms with Gasteiger partial charge in [0.1, 0.15) is 12.2 Å². The number of rotatable bonds is 11. The van der Waals surface area contributed by atoms with Crippen molar-refractivity contribution in [2.45, 2.75) is 43.6 Å². The number of benzene rings is 2. The molecule has 11 heteroatoms. The van der Waals surface area contributed by atoms with Gasteiger partial charge in [0.25, 0.3) is 0 Å². The van der Waals surface area contributed by atoms with Crippen LogP contribution in [0, 0.1) is 0 Å². The zero-order valence-corrected chi connectivity index (χ0v) is 24.4. The van der Waals surface area contributed by atoms with E-state index in [2.05, 4.69) is 4.90 Å². The van der Waals surface area contributed by atoms with Crippen LogP contribution in [0.1, 0.15) is 35.2 Å². The minimum Gasteiger partial charge on any atom is -0.493 e. The highest BCUT2D eigenvalue weighted by molar-refractivity contribution is 5.91. The van der Waals surface area contributed by atoms with Crippen molar-refractivity contribution in [3.05, 3.63) is 41.5 Å². The summed E-state index contributed by atoms with van der Waals surface area (Å²) in [4.78, 5) is 28.0. The number of methoxy groups -OCH3 is 6. The van der Waals surface area contributed by atoms with Crippen molar-refractivity contribution in [3.8, 4) is 34.5 Å². The summed E-state index contributed by atoms with van der Waals surface area (Å²) in [6, 6.07) is 6.66. The molecule has 2 heterocycles. The van der Waals surface area contributed by atoms with Gasteiger partial charge in [-0.3, -0.25) is 4.90 Å². The van der Waals surface area contributed by atoms with E-state index in [1.807, 2.05) is 7.05 Å². The highest BCUT2D eigenvalue weighted by Crippen LogP contribution is 2.41. The van der Waals surface area contributed by atoms with Gasteiger partial charge in [-0.05, 0) is 43.0 Å². The number of piperidine rings is 1. The van der Waals surface area contributed by atoms with Crippen LogP contribution in [0.3, 0.4) is 0 Å². The van der Waals surface area contributed by atoms with E-state index in [-0.39, 0.29) is 24.3 Å². The summed E-state index contributed by atoms with van der Waals surface area (Å²) in [6.45, 7) is 0. The quantitative estimate of drug-likeness (QED) is 0.290. The second-order valence-electron chi connectivity index (χ2n) is 9.80. The van der Waals surface area contributed by atoms with Crippen LogP contribution in [0.2, 0.25) is 0 Å². The van der Waals surface area contributed by atoms with E-state index < -0.39 is 11.9 Å². The number of likely N-dealkylation sites (N-methyl/N-ethyl adjacent to an activating group) is 1. The van der Waals surface area contributed by atoms with Crippen LogP contribution in [-0.4, -0.2) is 90.8 Å². The zero-order chi connectivity index (χ0) is 29.7. The van der Waals surface area contributed by atoms with Crippen molar-refractivity contribution >= 4 is 18.0 Å². The maximum atomic E-state index is 13.1. The Hall–Kier alpha value is -4.12. The van der Waals surface area contributed by atoms with Gasteiger partial charge in [-0.25, -0.2) is 9.59 Å². The molecule has 2 aliphatic heterocycles. The van der Waals surface area contributed by atoms with Gasteiger partial charge in [-0.1, -0.05) is 0 Å². The first-order valence-corrected chi connectivity index (χ1v) is 13.2.